The molecular weight excluding hydrogens is 265 g/mol. The van der Waals surface area contributed by atoms with E-state index >= 15 is 0 Å². The number of nitrogens with two attached hydrogens (primary N) is 1. The molecule has 2 rings (SSSR count). The second kappa shape index (κ2) is 4.99. The summed E-state index contributed by atoms with van der Waals surface area (Å²) in [6, 6.07) is 0. The number of ether oxygens (including phenoxy) is 1. The molecule has 17 heavy (non-hydrogen) atoms. The Kier molecular flexibility index (Phi) is 3.79. The average Bonchev–Trinajstić information content (AvgIpc) is 2.33. The number of hydrogen-bond donors (Lipinski definition) is 2. The molecule has 3 N–H and O–H groups in total. The van der Waals surface area contributed by atoms with Gasteiger partial charge in [0.05, 0.1) is 18.2 Å². The standard InChI is InChI=1S/C9H13Cl2N5O/c1-9(12,5-4-13-2-3-17-5)7-6(10)8(11)15-16-14-7/h5,13H,2-4,12H2,1H3. The van der Waals surface area contributed by atoms with Crippen LogP contribution in [0.4, 0.5) is 0 Å². The molecule has 1 aromatic rings. The summed E-state index contributed by atoms with van der Waals surface area (Å²) < 4.78 is 5.61. The van der Waals surface area contributed by atoms with Crippen molar-refractivity contribution < 1.29 is 4.74 Å². The van der Waals surface area contributed by atoms with E-state index < -0.39 is 5.54 Å². The van der Waals surface area contributed by atoms with Crippen molar-refractivity contribution in [1.82, 2.24) is 20.7 Å². The first-order valence-corrected chi connectivity index (χ1v) is 5.95. The number of halogens is 2. The first-order chi connectivity index (χ1) is 8.03. The minimum Gasteiger partial charge on any atom is -0.373 e. The van der Waals surface area contributed by atoms with Crippen LogP contribution in [0.5, 0.6) is 0 Å². The third-order valence-corrected chi connectivity index (χ3v) is 3.49. The van der Waals surface area contributed by atoms with Crippen LogP contribution in [0.25, 0.3) is 0 Å². The maximum Gasteiger partial charge on any atom is 0.174 e. The van der Waals surface area contributed by atoms with Gasteiger partial charge in [-0.3, -0.25) is 0 Å². The van der Waals surface area contributed by atoms with Crippen LogP contribution >= 0.6 is 23.2 Å². The monoisotopic (exact) mass is 277 g/mol. The van der Waals surface area contributed by atoms with E-state index in [9.17, 15) is 0 Å². The van der Waals surface area contributed by atoms with E-state index in [1.165, 1.54) is 0 Å². The van der Waals surface area contributed by atoms with Gasteiger partial charge >= 0.3 is 0 Å². The molecule has 0 radical (unpaired) electrons. The van der Waals surface area contributed by atoms with Crippen molar-refractivity contribution >= 4 is 23.2 Å². The minimum absolute atomic E-state index is 0.0945. The lowest BCUT2D eigenvalue weighted by atomic mass is 9.91. The van der Waals surface area contributed by atoms with Crippen molar-refractivity contribution in [3.63, 3.8) is 0 Å². The second-order valence-electron chi connectivity index (χ2n) is 4.09. The zero-order valence-electron chi connectivity index (χ0n) is 9.28. The number of hydrogen-bond acceptors (Lipinski definition) is 6. The Labute approximate surface area is 109 Å². The summed E-state index contributed by atoms with van der Waals surface area (Å²) in [5, 5.41) is 14.5. The Morgan fingerprint density at radius 2 is 2.24 bits per heavy atom. The van der Waals surface area contributed by atoms with Gasteiger partial charge in [0, 0.05) is 13.1 Å². The molecule has 0 aliphatic carbocycles. The molecule has 0 amide bonds. The molecule has 0 bridgehead atoms. The van der Waals surface area contributed by atoms with Crippen molar-refractivity contribution in [3.05, 3.63) is 15.9 Å². The molecule has 0 spiro atoms. The summed E-state index contributed by atoms with van der Waals surface area (Å²) in [6.45, 7) is 3.83. The van der Waals surface area contributed by atoms with Gasteiger partial charge in [0.15, 0.2) is 5.15 Å². The molecule has 0 aromatic carbocycles. The van der Waals surface area contributed by atoms with Gasteiger partial charge < -0.3 is 15.8 Å². The molecule has 1 saturated heterocycles. The predicted octanol–water partition coefficient (Wildman–Crippen LogP) is 0.341. The number of rotatable bonds is 2. The highest BCUT2D eigenvalue weighted by atomic mass is 35.5. The molecule has 1 aromatic heterocycles. The molecule has 8 heteroatoms. The molecule has 1 fully saturated rings. The summed E-state index contributed by atoms with van der Waals surface area (Å²) in [7, 11) is 0. The van der Waals surface area contributed by atoms with Gasteiger partial charge in [0.2, 0.25) is 0 Å². The fourth-order valence-electron chi connectivity index (χ4n) is 1.74. The molecule has 1 aliphatic rings. The molecule has 6 nitrogen and oxygen atoms in total. The highest BCUT2D eigenvalue weighted by Crippen LogP contribution is 2.31. The lowest BCUT2D eigenvalue weighted by molar-refractivity contribution is -0.0192. The summed E-state index contributed by atoms with van der Waals surface area (Å²) in [4.78, 5) is 0. The molecule has 2 unspecified atom stereocenters. The van der Waals surface area contributed by atoms with Crippen LogP contribution in [0.1, 0.15) is 12.6 Å². The number of morpholine rings is 1. The zero-order chi connectivity index (χ0) is 12.5. The summed E-state index contributed by atoms with van der Waals surface area (Å²) in [6.07, 6.45) is -0.235. The Bertz CT molecular complexity index is 408. The van der Waals surface area contributed by atoms with E-state index in [0.717, 1.165) is 6.54 Å². The molecule has 0 saturated carbocycles. The van der Waals surface area contributed by atoms with Crippen LogP contribution in [0.2, 0.25) is 10.2 Å². The van der Waals surface area contributed by atoms with Gasteiger partial charge in [-0.15, -0.1) is 10.2 Å². The van der Waals surface area contributed by atoms with Crippen LogP contribution in [0, 0.1) is 0 Å². The van der Waals surface area contributed by atoms with Gasteiger partial charge in [0.1, 0.15) is 10.7 Å². The van der Waals surface area contributed by atoms with Gasteiger partial charge in [-0.2, -0.15) is 0 Å². The maximum absolute atomic E-state index is 6.24. The number of nitrogens with one attached hydrogen (secondary N) is 1. The van der Waals surface area contributed by atoms with E-state index in [0.29, 0.717) is 18.8 Å². The first kappa shape index (κ1) is 12.9. The Morgan fingerprint density at radius 1 is 1.47 bits per heavy atom. The number of aromatic nitrogens is 3. The molecule has 1 aliphatic heterocycles. The first-order valence-electron chi connectivity index (χ1n) is 5.19. The third kappa shape index (κ3) is 2.51. The van der Waals surface area contributed by atoms with Crippen molar-refractivity contribution in [3.8, 4) is 0 Å². The SMILES string of the molecule is CC(N)(c1nnnc(Cl)c1Cl)C1CNCCO1. The van der Waals surface area contributed by atoms with Crippen LogP contribution in [-0.4, -0.2) is 41.2 Å². The van der Waals surface area contributed by atoms with E-state index in [-0.39, 0.29) is 16.3 Å². The van der Waals surface area contributed by atoms with Gasteiger partial charge in [0.25, 0.3) is 0 Å². The van der Waals surface area contributed by atoms with Crippen LogP contribution in [-0.2, 0) is 10.3 Å². The van der Waals surface area contributed by atoms with Crippen LogP contribution in [0.15, 0.2) is 0 Å². The third-order valence-electron chi connectivity index (χ3n) is 2.77. The van der Waals surface area contributed by atoms with Gasteiger partial charge in [-0.05, 0) is 12.1 Å². The summed E-state index contributed by atoms with van der Waals surface area (Å²) in [5.74, 6) is 0. The topological polar surface area (TPSA) is 86.0 Å². The van der Waals surface area contributed by atoms with E-state index in [4.69, 9.17) is 33.7 Å². The van der Waals surface area contributed by atoms with Crippen molar-refractivity contribution in [2.24, 2.45) is 5.73 Å². The van der Waals surface area contributed by atoms with Crippen molar-refractivity contribution in [2.45, 2.75) is 18.6 Å². The van der Waals surface area contributed by atoms with E-state index in [1.54, 1.807) is 6.92 Å². The van der Waals surface area contributed by atoms with Crippen LogP contribution in [0.3, 0.4) is 0 Å². The fourth-order valence-corrected chi connectivity index (χ4v) is 2.14. The zero-order valence-corrected chi connectivity index (χ0v) is 10.8. The van der Waals surface area contributed by atoms with E-state index in [1.807, 2.05) is 0 Å². The lowest BCUT2D eigenvalue weighted by Gasteiger charge is -2.36. The molecule has 2 atom stereocenters. The largest absolute Gasteiger partial charge is 0.373 e. The van der Waals surface area contributed by atoms with Gasteiger partial charge in [-0.1, -0.05) is 23.2 Å². The maximum atomic E-state index is 6.24. The average molecular weight is 278 g/mol. The summed E-state index contributed by atoms with van der Waals surface area (Å²) in [5.41, 5.74) is 5.77. The Balaban J connectivity index is 2.32. The quantitative estimate of drug-likeness (QED) is 0.811. The molecule has 2 heterocycles. The fraction of sp³-hybridized carbons (Fsp3) is 0.667. The van der Waals surface area contributed by atoms with E-state index in [2.05, 4.69) is 20.7 Å². The predicted molar refractivity (Wildman–Crippen MR) is 64.0 cm³/mol. The second-order valence-corrected chi connectivity index (χ2v) is 4.83. The highest BCUT2D eigenvalue weighted by Gasteiger charge is 2.38. The van der Waals surface area contributed by atoms with Crippen molar-refractivity contribution in [2.75, 3.05) is 19.7 Å². The molecular formula is C9H13Cl2N5O. The Hall–Kier alpha value is -0.530. The van der Waals surface area contributed by atoms with Crippen molar-refractivity contribution in [1.29, 1.82) is 0 Å². The van der Waals surface area contributed by atoms with Gasteiger partial charge in [-0.25, -0.2) is 0 Å². The Morgan fingerprint density at radius 3 is 2.88 bits per heavy atom. The smallest absolute Gasteiger partial charge is 0.174 e. The molecule has 94 valence electrons. The normalized spacial score (nSPS) is 24.4. The van der Waals surface area contributed by atoms with Crippen LogP contribution < -0.4 is 11.1 Å². The summed E-state index contributed by atoms with van der Waals surface area (Å²) >= 11 is 11.8. The highest BCUT2D eigenvalue weighted by molar-refractivity contribution is 6.41. The lowest BCUT2D eigenvalue weighted by Crippen LogP contribution is -2.55. The minimum atomic E-state index is -0.871. The number of nitrogens with zero attached hydrogens (tertiary/aromatic N) is 3.